The van der Waals surface area contributed by atoms with E-state index in [1.807, 2.05) is 11.5 Å². The highest BCUT2D eigenvalue weighted by molar-refractivity contribution is 7.13. The van der Waals surface area contributed by atoms with E-state index in [2.05, 4.69) is 20.6 Å². The summed E-state index contributed by atoms with van der Waals surface area (Å²) in [6.07, 6.45) is 1.98. The Bertz CT molecular complexity index is 1670. The van der Waals surface area contributed by atoms with Crippen LogP contribution >= 0.6 is 11.3 Å². The van der Waals surface area contributed by atoms with E-state index in [4.69, 9.17) is 0 Å². The summed E-state index contributed by atoms with van der Waals surface area (Å²) in [7, 11) is 0. The lowest BCUT2D eigenvalue weighted by Gasteiger charge is -2.15. The molecule has 3 heterocycles. The SMILES string of the molecule is CCCCNC(=O)c1cn(C2CC2)c2ccc(-c3cnc(NC(C)=O)cc3-c3nc(C(F)(F)F)cs3)cc2c1=O. The average Bonchev–Trinajstić information content (AvgIpc) is 3.62. The number of carbonyl (C=O) groups is 2. The number of carbonyl (C=O) groups excluding carboxylic acids is 2. The zero-order valence-corrected chi connectivity index (χ0v) is 22.6. The zero-order valence-electron chi connectivity index (χ0n) is 21.8. The summed E-state index contributed by atoms with van der Waals surface area (Å²) < 4.78 is 41.9. The van der Waals surface area contributed by atoms with Gasteiger partial charge in [0.25, 0.3) is 5.91 Å². The maximum Gasteiger partial charge on any atom is 0.434 e. The van der Waals surface area contributed by atoms with Crippen molar-refractivity contribution in [1.29, 1.82) is 0 Å². The van der Waals surface area contributed by atoms with Crippen molar-refractivity contribution in [2.75, 3.05) is 11.9 Å². The topological polar surface area (TPSA) is 106 Å². The molecule has 40 heavy (non-hydrogen) atoms. The highest BCUT2D eigenvalue weighted by Gasteiger charge is 2.34. The molecule has 1 saturated carbocycles. The van der Waals surface area contributed by atoms with Gasteiger partial charge in [0, 0.05) is 53.8 Å². The third kappa shape index (κ3) is 5.62. The lowest BCUT2D eigenvalue weighted by molar-refractivity contribution is -0.140. The summed E-state index contributed by atoms with van der Waals surface area (Å²) >= 11 is 0.813. The van der Waals surface area contributed by atoms with E-state index < -0.39 is 29.1 Å². The first-order valence-corrected chi connectivity index (χ1v) is 13.7. The Morgan fingerprint density at radius 2 is 1.95 bits per heavy atom. The summed E-state index contributed by atoms with van der Waals surface area (Å²) in [5.74, 6) is -0.681. The Morgan fingerprint density at radius 3 is 2.60 bits per heavy atom. The number of anilines is 1. The Kier molecular flexibility index (Phi) is 7.45. The highest BCUT2D eigenvalue weighted by Crippen LogP contribution is 2.40. The Hall–Kier alpha value is -4.06. The minimum absolute atomic E-state index is 0.0433. The molecule has 8 nitrogen and oxygen atoms in total. The highest BCUT2D eigenvalue weighted by atomic mass is 32.1. The van der Waals surface area contributed by atoms with Crippen molar-refractivity contribution in [2.24, 2.45) is 0 Å². The summed E-state index contributed by atoms with van der Waals surface area (Å²) in [6, 6.07) is 6.81. The minimum Gasteiger partial charge on any atom is -0.352 e. The van der Waals surface area contributed by atoms with E-state index in [0.717, 1.165) is 42.4 Å². The molecule has 0 spiro atoms. The first-order chi connectivity index (χ1) is 19.1. The van der Waals surface area contributed by atoms with Crippen LogP contribution in [0.1, 0.15) is 61.6 Å². The van der Waals surface area contributed by atoms with Crippen LogP contribution in [0, 0.1) is 0 Å². The molecule has 0 saturated heterocycles. The third-order valence-electron chi connectivity index (χ3n) is 6.58. The van der Waals surface area contributed by atoms with E-state index in [9.17, 15) is 27.6 Å². The van der Waals surface area contributed by atoms with Crippen molar-refractivity contribution in [3.63, 3.8) is 0 Å². The average molecular weight is 570 g/mol. The monoisotopic (exact) mass is 569 g/mol. The maximum absolute atomic E-state index is 13.6. The molecule has 12 heteroatoms. The summed E-state index contributed by atoms with van der Waals surface area (Å²) in [6.45, 7) is 3.76. The number of nitrogens with one attached hydrogen (secondary N) is 2. The molecule has 2 N–H and O–H groups in total. The van der Waals surface area contributed by atoms with Crippen molar-refractivity contribution in [3.05, 3.63) is 63.5 Å². The number of nitrogens with zero attached hydrogens (tertiary/aromatic N) is 3. The second-order valence-corrected chi connectivity index (χ2v) is 10.5. The number of rotatable bonds is 8. The Morgan fingerprint density at radius 1 is 1.18 bits per heavy atom. The number of thiazole rings is 1. The number of aromatic nitrogens is 3. The molecular formula is C28H26F3N5O3S. The third-order valence-corrected chi connectivity index (χ3v) is 7.45. The van der Waals surface area contributed by atoms with E-state index in [1.54, 1.807) is 24.4 Å². The normalized spacial score (nSPS) is 13.4. The molecule has 0 unspecified atom stereocenters. The molecule has 5 rings (SSSR count). The largest absolute Gasteiger partial charge is 0.434 e. The molecule has 0 atom stereocenters. The fourth-order valence-corrected chi connectivity index (χ4v) is 5.31. The van der Waals surface area contributed by atoms with Gasteiger partial charge in [-0.1, -0.05) is 19.4 Å². The van der Waals surface area contributed by atoms with Crippen LogP contribution in [0.2, 0.25) is 0 Å². The number of pyridine rings is 2. The minimum atomic E-state index is -4.62. The molecule has 4 aromatic rings. The molecule has 1 fully saturated rings. The van der Waals surface area contributed by atoms with Gasteiger partial charge in [-0.15, -0.1) is 11.3 Å². The summed E-state index contributed by atoms with van der Waals surface area (Å²) in [5, 5.41) is 6.68. The standard InChI is InChI=1S/C28H26F3N5O3S/c1-3-4-9-32-26(39)21-13-36(17-6-7-17)22-8-5-16(10-19(22)25(21)38)20-12-33-24(34-15(2)37)11-18(20)27-35-23(14-40-27)28(29,30)31/h5,8,10-14,17H,3-4,6-7,9H2,1-2H3,(H,32,39)(H,33,34,37). The predicted molar refractivity (Wildman–Crippen MR) is 147 cm³/mol. The number of halogens is 3. The van der Waals surface area contributed by atoms with Gasteiger partial charge in [-0.2, -0.15) is 13.2 Å². The van der Waals surface area contributed by atoms with Crippen LogP contribution in [-0.2, 0) is 11.0 Å². The molecular weight excluding hydrogens is 543 g/mol. The Balaban J connectivity index is 1.66. The van der Waals surface area contributed by atoms with Crippen molar-refractivity contribution in [2.45, 2.75) is 51.7 Å². The van der Waals surface area contributed by atoms with Crippen molar-refractivity contribution in [3.8, 4) is 21.7 Å². The molecule has 1 aliphatic carbocycles. The fourth-order valence-electron chi connectivity index (χ4n) is 4.45. The van der Waals surface area contributed by atoms with Gasteiger partial charge in [-0.05, 0) is 43.0 Å². The van der Waals surface area contributed by atoms with Gasteiger partial charge in [0.1, 0.15) is 16.4 Å². The van der Waals surface area contributed by atoms with Gasteiger partial charge in [0.2, 0.25) is 11.3 Å². The smallest absolute Gasteiger partial charge is 0.352 e. The molecule has 208 valence electrons. The predicted octanol–water partition coefficient (Wildman–Crippen LogP) is 6.03. The number of hydrogen-bond acceptors (Lipinski definition) is 6. The first-order valence-electron chi connectivity index (χ1n) is 12.8. The quantitative estimate of drug-likeness (QED) is 0.252. The second kappa shape index (κ2) is 10.8. The van der Waals surface area contributed by atoms with Crippen molar-refractivity contribution < 1.29 is 22.8 Å². The first kappa shape index (κ1) is 27.5. The number of hydrogen-bond donors (Lipinski definition) is 2. The maximum atomic E-state index is 13.6. The Labute approximate surface area is 231 Å². The number of unbranched alkanes of at least 4 members (excludes halogenated alkanes) is 1. The number of fused-ring (bicyclic) bond motifs is 1. The number of alkyl halides is 3. The number of amides is 2. The van der Waals surface area contributed by atoms with Gasteiger partial charge in [0.15, 0.2) is 5.69 Å². The van der Waals surface area contributed by atoms with E-state index in [0.29, 0.717) is 34.1 Å². The lowest BCUT2D eigenvalue weighted by Crippen LogP contribution is -2.30. The zero-order chi connectivity index (χ0) is 28.6. The van der Waals surface area contributed by atoms with Gasteiger partial charge in [-0.3, -0.25) is 14.4 Å². The van der Waals surface area contributed by atoms with Gasteiger partial charge < -0.3 is 15.2 Å². The van der Waals surface area contributed by atoms with Crippen LogP contribution in [0.5, 0.6) is 0 Å². The van der Waals surface area contributed by atoms with Crippen LogP contribution in [0.3, 0.4) is 0 Å². The molecule has 2 amide bonds. The lowest BCUT2D eigenvalue weighted by atomic mass is 9.99. The van der Waals surface area contributed by atoms with Gasteiger partial charge >= 0.3 is 6.18 Å². The summed E-state index contributed by atoms with van der Waals surface area (Å²) in [5.41, 5.74) is 0.502. The van der Waals surface area contributed by atoms with Crippen LogP contribution < -0.4 is 16.1 Å². The van der Waals surface area contributed by atoms with E-state index >= 15 is 0 Å². The molecule has 1 aliphatic rings. The van der Waals surface area contributed by atoms with Crippen LogP contribution in [-0.4, -0.2) is 32.9 Å². The van der Waals surface area contributed by atoms with E-state index in [1.165, 1.54) is 19.2 Å². The molecule has 3 aromatic heterocycles. The van der Waals surface area contributed by atoms with Gasteiger partial charge in [-0.25, -0.2) is 9.97 Å². The molecule has 0 bridgehead atoms. The molecule has 0 radical (unpaired) electrons. The number of benzene rings is 1. The van der Waals surface area contributed by atoms with Crippen LogP contribution in [0.15, 0.2) is 46.8 Å². The molecule has 0 aliphatic heterocycles. The second-order valence-electron chi connectivity index (χ2n) is 9.68. The molecule has 1 aromatic carbocycles. The summed E-state index contributed by atoms with van der Waals surface area (Å²) in [4.78, 5) is 46.1. The van der Waals surface area contributed by atoms with E-state index in [-0.39, 0.29) is 22.4 Å². The van der Waals surface area contributed by atoms with Crippen LogP contribution in [0.4, 0.5) is 19.0 Å². The fraction of sp³-hybridized carbons (Fsp3) is 0.321. The van der Waals surface area contributed by atoms with Crippen molar-refractivity contribution >= 4 is 39.9 Å². The van der Waals surface area contributed by atoms with Crippen LogP contribution in [0.25, 0.3) is 32.6 Å². The van der Waals surface area contributed by atoms with Gasteiger partial charge in [0.05, 0.1) is 5.52 Å². The van der Waals surface area contributed by atoms with Crippen molar-refractivity contribution in [1.82, 2.24) is 19.9 Å².